The third-order valence-electron chi connectivity index (χ3n) is 3.32. The van der Waals surface area contributed by atoms with Crippen molar-refractivity contribution in [2.24, 2.45) is 7.05 Å². The molecule has 5 nitrogen and oxygen atoms in total. The van der Waals surface area contributed by atoms with E-state index in [4.69, 9.17) is 11.6 Å². The van der Waals surface area contributed by atoms with E-state index >= 15 is 0 Å². The highest BCUT2D eigenvalue weighted by Crippen LogP contribution is 2.23. The molecule has 0 fully saturated rings. The van der Waals surface area contributed by atoms with Gasteiger partial charge in [0.1, 0.15) is 5.82 Å². The fraction of sp³-hybridized carbons (Fsp3) is 0.308. The number of fused-ring (bicyclic) bond motifs is 1. The van der Waals surface area contributed by atoms with Crippen molar-refractivity contribution in [1.82, 2.24) is 19.7 Å². The maximum absolute atomic E-state index is 5.77. The van der Waals surface area contributed by atoms with Crippen LogP contribution >= 0.6 is 11.6 Å². The highest BCUT2D eigenvalue weighted by molar-refractivity contribution is 6.28. The van der Waals surface area contributed by atoms with E-state index < -0.39 is 0 Å². The smallest absolute Gasteiger partial charge is 0.224 e. The Hall–Kier alpha value is -1.88. The topological polar surface area (TPSA) is 55.6 Å². The van der Waals surface area contributed by atoms with Gasteiger partial charge in [0.15, 0.2) is 0 Å². The lowest BCUT2D eigenvalue weighted by molar-refractivity contribution is 0.709. The highest BCUT2D eigenvalue weighted by Gasteiger charge is 2.19. The third kappa shape index (κ3) is 2.33. The Morgan fingerprint density at radius 1 is 1.47 bits per heavy atom. The van der Waals surface area contributed by atoms with Gasteiger partial charge in [-0.2, -0.15) is 5.10 Å². The average Bonchev–Trinajstić information content (AvgIpc) is 2.65. The van der Waals surface area contributed by atoms with Crippen molar-refractivity contribution in [3.63, 3.8) is 0 Å². The first kappa shape index (κ1) is 12.2. The van der Waals surface area contributed by atoms with E-state index in [9.17, 15) is 0 Å². The van der Waals surface area contributed by atoms with Crippen molar-refractivity contribution < 1.29 is 0 Å². The molecule has 0 spiro atoms. The summed E-state index contributed by atoms with van der Waals surface area (Å²) in [6.07, 6.45) is 6.73. The lowest BCUT2D eigenvalue weighted by Crippen LogP contribution is -2.23. The summed E-state index contributed by atoms with van der Waals surface area (Å²) < 4.78 is 1.92. The molecule has 0 aromatic carbocycles. The van der Waals surface area contributed by atoms with Gasteiger partial charge >= 0.3 is 0 Å². The SMILES string of the molecule is Cc1c2c(nn1C)CC(Nc1ccnc(Cl)n1)C=C2. The molecular weight excluding hydrogens is 262 g/mol. The Bertz CT molecular complexity index is 646. The van der Waals surface area contributed by atoms with E-state index in [0.29, 0.717) is 0 Å². The second-order valence-corrected chi connectivity index (χ2v) is 4.93. The van der Waals surface area contributed by atoms with Crippen molar-refractivity contribution in [3.05, 3.63) is 40.6 Å². The molecule has 0 saturated heterocycles. The fourth-order valence-corrected chi connectivity index (χ4v) is 2.40. The first-order valence-electron chi connectivity index (χ1n) is 6.09. The molecule has 1 atom stereocenters. The molecule has 0 amide bonds. The molecule has 0 saturated carbocycles. The van der Waals surface area contributed by atoms with Gasteiger partial charge < -0.3 is 5.32 Å². The van der Waals surface area contributed by atoms with E-state index in [2.05, 4.69) is 39.5 Å². The van der Waals surface area contributed by atoms with E-state index in [1.54, 1.807) is 12.3 Å². The average molecular weight is 276 g/mol. The number of nitrogens with zero attached hydrogens (tertiary/aromatic N) is 4. The van der Waals surface area contributed by atoms with Gasteiger partial charge in [0, 0.05) is 30.9 Å². The number of halogens is 1. The molecule has 19 heavy (non-hydrogen) atoms. The van der Waals surface area contributed by atoms with Gasteiger partial charge in [-0.15, -0.1) is 0 Å². The van der Waals surface area contributed by atoms with Crippen molar-refractivity contribution in [2.45, 2.75) is 19.4 Å². The van der Waals surface area contributed by atoms with Gasteiger partial charge in [0.2, 0.25) is 5.28 Å². The minimum Gasteiger partial charge on any atom is -0.363 e. The summed E-state index contributed by atoms with van der Waals surface area (Å²) in [5.74, 6) is 0.728. The summed E-state index contributed by atoms with van der Waals surface area (Å²) in [7, 11) is 1.97. The summed E-state index contributed by atoms with van der Waals surface area (Å²) in [4.78, 5) is 7.99. The van der Waals surface area contributed by atoms with Crippen molar-refractivity contribution in [2.75, 3.05) is 5.32 Å². The van der Waals surface area contributed by atoms with E-state index in [-0.39, 0.29) is 11.3 Å². The van der Waals surface area contributed by atoms with Crippen LogP contribution in [-0.4, -0.2) is 25.8 Å². The number of anilines is 1. The minimum absolute atomic E-state index is 0.174. The van der Waals surface area contributed by atoms with Crippen LogP contribution in [0.25, 0.3) is 6.08 Å². The second-order valence-electron chi connectivity index (χ2n) is 4.59. The second kappa shape index (κ2) is 4.66. The molecular formula is C13H14ClN5. The lowest BCUT2D eigenvalue weighted by atomic mass is 9.99. The van der Waals surface area contributed by atoms with Crippen molar-refractivity contribution in [3.8, 4) is 0 Å². The summed E-state index contributed by atoms with van der Waals surface area (Å²) >= 11 is 5.77. The normalized spacial score (nSPS) is 17.3. The minimum atomic E-state index is 0.174. The summed E-state index contributed by atoms with van der Waals surface area (Å²) in [5, 5.41) is 8.10. The largest absolute Gasteiger partial charge is 0.363 e. The third-order valence-corrected chi connectivity index (χ3v) is 3.51. The van der Waals surface area contributed by atoms with Crippen molar-refractivity contribution >= 4 is 23.5 Å². The molecule has 1 aliphatic carbocycles. The zero-order valence-corrected chi connectivity index (χ0v) is 11.5. The number of hydrogen-bond donors (Lipinski definition) is 1. The molecule has 1 unspecified atom stereocenters. The summed E-state index contributed by atoms with van der Waals surface area (Å²) in [5.41, 5.74) is 3.52. The van der Waals surface area contributed by atoms with Gasteiger partial charge in [-0.1, -0.05) is 12.2 Å². The number of rotatable bonds is 2. The summed E-state index contributed by atoms with van der Waals surface area (Å²) in [6, 6.07) is 1.98. The Balaban J connectivity index is 1.79. The van der Waals surface area contributed by atoms with Crippen LogP contribution < -0.4 is 5.32 Å². The fourth-order valence-electron chi connectivity index (χ4n) is 2.25. The molecule has 0 radical (unpaired) electrons. The van der Waals surface area contributed by atoms with Crippen LogP contribution in [0.4, 0.5) is 5.82 Å². The number of nitrogens with one attached hydrogen (secondary N) is 1. The molecule has 98 valence electrons. The van der Waals surface area contributed by atoms with Crippen LogP contribution in [0.5, 0.6) is 0 Å². The van der Waals surface area contributed by atoms with Gasteiger partial charge in [-0.05, 0) is 24.6 Å². The molecule has 1 aliphatic rings. The van der Waals surface area contributed by atoms with E-state index in [1.165, 1.54) is 11.3 Å². The molecule has 0 bridgehead atoms. The molecule has 2 aromatic rings. The number of hydrogen-bond acceptors (Lipinski definition) is 4. The molecule has 6 heteroatoms. The zero-order valence-electron chi connectivity index (χ0n) is 10.8. The zero-order chi connectivity index (χ0) is 13.4. The predicted molar refractivity (Wildman–Crippen MR) is 75.1 cm³/mol. The van der Waals surface area contributed by atoms with E-state index in [1.807, 2.05) is 11.7 Å². The Morgan fingerprint density at radius 2 is 2.32 bits per heavy atom. The predicted octanol–water partition coefficient (Wildman–Crippen LogP) is 2.22. The van der Waals surface area contributed by atoms with E-state index in [0.717, 1.165) is 17.9 Å². The van der Waals surface area contributed by atoms with Crippen LogP contribution in [0.1, 0.15) is 17.0 Å². The van der Waals surface area contributed by atoms with Crippen LogP contribution in [0.2, 0.25) is 5.28 Å². The Morgan fingerprint density at radius 3 is 3.11 bits per heavy atom. The van der Waals surface area contributed by atoms with Gasteiger partial charge in [0.05, 0.1) is 11.7 Å². The standard InChI is InChI=1S/C13H14ClN5/c1-8-10-4-3-9(7-11(10)18-19(8)2)16-12-5-6-15-13(14)17-12/h3-6,9H,7H2,1-2H3,(H,15,16,17). The lowest BCUT2D eigenvalue weighted by Gasteiger charge is -2.18. The summed E-state index contributed by atoms with van der Waals surface area (Å²) in [6.45, 7) is 2.08. The molecule has 3 rings (SSSR count). The molecule has 1 N–H and O–H groups in total. The van der Waals surface area contributed by atoms with Gasteiger partial charge in [-0.25, -0.2) is 9.97 Å². The number of aryl methyl sites for hydroxylation is 1. The quantitative estimate of drug-likeness (QED) is 0.854. The first-order valence-corrected chi connectivity index (χ1v) is 6.47. The molecule has 0 aliphatic heterocycles. The molecule has 2 heterocycles. The van der Waals surface area contributed by atoms with Crippen LogP contribution in [-0.2, 0) is 13.5 Å². The van der Waals surface area contributed by atoms with Crippen LogP contribution in [0.15, 0.2) is 18.3 Å². The maximum atomic E-state index is 5.77. The number of aromatic nitrogens is 4. The Kier molecular flexibility index (Phi) is 2.98. The van der Waals surface area contributed by atoms with Crippen LogP contribution in [0, 0.1) is 6.92 Å². The first-order chi connectivity index (χ1) is 9.13. The van der Waals surface area contributed by atoms with Crippen LogP contribution in [0.3, 0.4) is 0 Å². The Labute approximate surface area is 116 Å². The van der Waals surface area contributed by atoms with Gasteiger partial charge in [-0.3, -0.25) is 4.68 Å². The van der Waals surface area contributed by atoms with Gasteiger partial charge in [0.25, 0.3) is 0 Å². The van der Waals surface area contributed by atoms with Crippen molar-refractivity contribution in [1.29, 1.82) is 0 Å². The highest BCUT2D eigenvalue weighted by atomic mass is 35.5. The maximum Gasteiger partial charge on any atom is 0.224 e. The monoisotopic (exact) mass is 275 g/mol. The molecule has 2 aromatic heterocycles.